The van der Waals surface area contributed by atoms with Gasteiger partial charge in [-0.1, -0.05) is 58.6 Å². The van der Waals surface area contributed by atoms with Crippen molar-refractivity contribution in [3.8, 4) is 0 Å². The molecule has 4 rings (SSSR count). The van der Waals surface area contributed by atoms with E-state index in [1.54, 1.807) is 10.7 Å². The molecule has 5 nitrogen and oxygen atoms in total. The van der Waals surface area contributed by atoms with Gasteiger partial charge in [0.1, 0.15) is 11.7 Å². The lowest BCUT2D eigenvalue weighted by molar-refractivity contribution is 0.463. The number of hydrogen-bond donors (Lipinski definition) is 2. The molecule has 0 unspecified atom stereocenters. The molecule has 1 aliphatic carbocycles. The van der Waals surface area contributed by atoms with E-state index in [9.17, 15) is 4.39 Å². The summed E-state index contributed by atoms with van der Waals surface area (Å²) in [5.74, 6) is -0.182. The average Bonchev–Trinajstić information content (AvgIpc) is 3.20. The highest BCUT2D eigenvalue weighted by molar-refractivity contribution is 9.10. The summed E-state index contributed by atoms with van der Waals surface area (Å²) in [6.45, 7) is 8.00. The summed E-state index contributed by atoms with van der Waals surface area (Å²) in [7, 11) is 0. The van der Waals surface area contributed by atoms with Gasteiger partial charge in [-0.2, -0.15) is 5.10 Å². The van der Waals surface area contributed by atoms with Crippen LogP contribution in [0.4, 0.5) is 15.8 Å². The minimum absolute atomic E-state index is 0.234. The van der Waals surface area contributed by atoms with Gasteiger partial charge in [0.05, 0.1) is 33.7 Å². The molecule has 0 radical (unpaired) electrons. The minimum atomic E-state index is -0.416. The Morgan fingerprint density at radius 1 is 1.19 bits per heavy atom. The maximum Gasteiger partial charge on any atom is 0.135 e. The summed E-state index contributed by atoms with van der Waals surface area (Å²) in [4.78, 5) is 4.38. The standard InChI is InChI=1S/C20H20BrClFN5.2C2H6/c21-12-8-18-19(26-14-4-2-1-3-5-14)15(10-25-28(18)11-12)20(24)27-17-9-13(23)6-7-16(17)22;2*1-2/h6-11,14,26H,1-5H2,(H2,24,27);2*1-2H3. The average molecular weight is 525 g/mol. The first-order valence-electron chi connectivity index (χ1n) is 11.2. The fourth-order valence-electron chi connectivity index (χ4n) is 3.58. The van der Waals surface area contributed by atoms with Crippen LogP contribution in [0.2, 0.25) is 5.02 Å². The molecule has 0 bridgehead atoms. The molecule has 0 aliphatic heterocycles. The molecule has 0 saturated heterocycles. The van der Waals surface area contributed by atoms with Crippen LogP contribution in [0.1, 0.15) is 65.4 Å². The molecular weight excluding hydrogens is 493 g/mol. The second kappa shape index (κ2) is 12.8. The number of rotatable bonds is 4. The molecular formula is C24H32BrClFN5. The molecule has 2 heterocycles. The van der Waals surface area contributed by atoms with E-state index in [0.717, 1.165) is 28.5 Å². The van der Waals surface area contributed by atoms with Gasteiger partial charge in [-0.15, -0.1) is 0 Å². The second-order valence-corrected chi connectivity index (χ2v) is 8.32. The van der Waals surface area contributed by atoms with E-state index in [1.165, 1.54) is 37.5 Å². The Balaban J connectivity index is 0.000000860. The largest absolute Gasteiger partial charge is 0.383 e. The lowest BCUT2D eigenvalue weighted by Gasteiger charge is -2.25. The smallest absolute Gasteiger partial charge is 0.135 e. The molecule has 3 aromatic rings. The van der Waals surface area contributed by atoms with E-state index in [4.69, 9.17) is 17.3 Å². The Morgan fingerprint density at radius 2 is 1.88 bits per heavy atom. The predicted octanol–water partition coefficient (Wildman–Crippen LogP) is 7.72. The number of amidine groups is 1. The summed E-state index contributed by atoms with van der Waals surface area (Å²) in [5, 5.41) is 8.42. The van der Waals surface area contributed by atoms with Crippen molar-refractivity contribution in [2.75, 3.05) is 5.32 Å². The number of nitrogens with zero attached hydrogens (tertiary/aromatic N) is 3. The third kappa shape index (κ3) is 6.45. The van der Waals surface area contributed by atoms with E-state index in [1.807, 2.05) is 40.0 Å². The first-order chi connectivity index (χ1) is 15.5. The van der Waals surface area contributed by atoms with Crippen molar-refractivity contribution in [2.24, 2.45) is 10.7 Å². The molecule has 1 aliphatic rings. The molecule has 32 heavy (non-hydrogen) atoms. The van der Waals surface area contributed by atoms with Gasteiger partial charge >= 0.3 is 0 Å². The number of aliphatic imine (C=N–C) groups is 1. The van der Waals surface area contributed by atoms with Crippen molar-refractivity contribution < 1.29 is 4.39 Å². The van der Waals surface area contributed by atoms with Crippen molar-refractivity contribution in [1.29, 1.82) is 0 Å². The van der Waals surface area contributed by atoms with Crippen molar-refractivity contribution in [2.45, 2.75) is 65.8 Å². The summed E-state index contributed by atoms with van der Waals surface area (Å²) in [6.07, 6.45) is 9.49. The third-order valence-electron chi connectivity index (χ3n) is 4.98. The highest BCUT2D eigenvalue weighted by atomic mass is 79.9. The zero-order chi connectivity index (χ0) is 23.7. The molecule has 2 aromatic heterocycles. The summed E-state index contributed by atoms with van der Waals surface area (Å²) >= 11 is 9.66. The number of benzene rings is 1. The summed E-state index contributed by atoms with van der Waals surface area (Å²) < 4.78 is 16.3. The van der Waals surface area contributed by atoms with Gasteiger partial charge in [0.25, 0.3) is 0 Å². The fraction of sp³-hybridized carbons (Fsp3) is 0.417. The number of anilines is 1. The normalized spacial score (nSPS) is 14.3. The topological polar surface area (TPSA) is 67.7 Å². The van der Waals surface area contributed by atoms with Crippen molar-refractivity contribution in [1.82, 2.24) is 9.61 Å². The van der Waals surface area contributed by atoms with Crippen LogP contribution >= 0.6 is 27.5 Å². The molecule has 0 spiro atoms. The van der Waals surface area contributed by atoms with Gasteiger partial charge in [0.15, 0.2) is 0 Å². The van der Waals surface area contributed by atoms with Crippen molar-refractivity contribution in [3.63, 3.8) is 0 Å². The maximum atomic E-state index is 13.6. The lowest BCUT2D eigenvalue weighted by Crippen LogP contribution is -2.25. The molecule has 0 amide bonds. The number of halogens is 3. The van der Waals surface area contributed by atoms with Crippen LogP contribution in [-0.2, 0) is 0 Å². The highest BCUT2D eigenvalue weighted by Crippen LogP contribution is 2.31. The van der Waals surface area contributed by atoms with E-state index in [0.29, 0.717) is 22.3 Å². The first-order valence-corrected chi connectivity index (χ1v) is 12.4. The van der Waals surface area contributed by atoms with E-state index in [2.05, 4.69) is 31.3 Å². The zero-order valence-corrected chi connectivity index (χ0v) is 21.5. The van der Waals surface area contributed by atoms with Crippen molar-refractivity contribution >= 4 is 50.3 Å². The quantitative estimate of drug-likeness (QED) is 0.271. The van der Waals surface area contributed by atoms with Crippen molar-refractivity contribution in [3.05, 3.63) is 57.5 Å². The monoisotopic (exact) mass is 523 g/mol. The Hall–Kier alpha value is -2.12. The minimum Gasteiger partial charge on any atom is -0.383 e. The second-order valence-electron chi connectivity index (χ2n) is 6.99. The highest BCUT2D eigenvalue weighted by Gasteiger charge is 2.19. The van der Waals surface area contributed by atoms with Gasteiger partial charge < -0.3 is 11.1 Å². The molecule has 174 valence electrons. The SMILES string of the molecule is CC.CC.NC(=Nc1cc(F)ccc1Cl)c1cnn2cc(Br)cc2c1NC1CCCCC1. The summed E-state index contributed by atoms with van der Waals surface area (Å²) in [6, 6.07) is 6.39. The molecule has 3 N–H and O–H groups in total. The lowest BCUT2D eigenvalue weighted by atomic mass is 9.95. The zero-order valence-electron chi connectivity index (χ0n) is 19.1. The maximum absolute atomic E-state index is 13.6. The van der Waals surface area contributed by atoms with Gasteiger partial charge in [0, 0.05) is 22.8 Å². The molecule has 1 fully saturated rings. The summed E-state index contributed by atoms with van der Waals surface area (Å²) in [5.41, 5.74) is 9.06. The predicted molar refractivity (Wildman–Crippen MR) is 138 cm³/mol. The number of nitrogens with one attached hydrogen (secondary N) is 1. The molecule has 0 atom stereocenters. The molecule has 1 aromatic carbocycles. The Kier molecular flexibility index (Phi) is 10.5. The number of nitrogens with two attached hydrogens (primary N) is 1. The van der Waals surface area contributed by atoms with Gasteiger partial charge in [-0.25, -0.2) is 13.9 Å². The van der Waals surface area contributed by atoms with Crippen LogP contribution in [0.15, 0.2) is 46.1 Å². The fourth-order valence-corrected chi connectivity index (χ4v) is 4.15. The van der Waals surface area contributed by atoms with Crippen LogP contribution in [0.5, 0.6) is 0 Å². The van der Waals surface area contributed by atoms with Crippen LogP contribution in [0.3, 0.4) is 0 Å². The Labute approximate surface area is 203 Å². The van der Waals surface area contributed by atoms with E-state index < -0.39 is 5.82 Å². The van der Waals surface area contributed by atoms with Gasteiger partial charge in [-0.3, -0.25) is 0 Å². The molecule has 8 heteroatoms. The third-order valence-corrected chi connectivity index (χ3v) is 5.74. The van der Waals surface area contributed by atoms with E-state index in [-0.39, 0.29) is 5.84 Å². The van der Waals surface area contributed by atoms with Crippen LogP contribution in [-0.4, -0.2) is 21.5 Å². The molecule has 1 saturated carbocycles. The Morgan fingerprint density at radius 3 is 2.56 bits per heavy atom. The number of aromatic nitrogens is 2. The van der Waals surface area contributed by atoms with Gasteiger partial charge in [-0.05, 0) is 47.0 Å². The first kappa shape index (κ1) is 26.1. The van der Waals surface area contributed by atoms with Crippen LogP contribution in [0.25, 0.3) is 5.52 Å². The van der Waals surface area contributed by atoms with Crippen LogP contribution in [0, 0.1) is 5.82 Å². The van der Waals surface area contributed by atoms with E-state index >= 15 is 0 Å². The number of hydrogen-bond acceptors (Lipinski definition) is 3. The van der Waals surface area contributed by atoms with Gasteiger partial charge in [0.2, 0.25) is 0 Å². The number of fused-ring (bicyclic) bond motifs is 1. The van der Waals surface area contributed by atoms with Crippen LogP contribution < -0.4 is 11.1 Å². The Bertz CT molecular complexity index is 1040.